The molecule has 1 saturated heterocycles. The number of likely N-dealkylation sites (tertiary alicyclic amines) is 1. The molecule has 2 amide bonds. The van der Waals surface area contributed by atoms with Crippen molar-refractivity contribution in [3.63, 3.8) is 0 Å². The summed E-state index contributed by atoms with van der Waals surface area (Å²) >= 11 is 0. The number of anilines is 2. The maximum atomic E-state index is 13.0. The summed E-state index contributed by atoms with van der Waals surface area (Å²) in [5.41, 5.74) is 4.21. The van der Waals surface area contributed by atoms with E-state index in [4.69, 9.17) is 4.84 Å². The van der Waals surface area contributed by atoms with Gasteiger partial charge in [0, 0.05) is 29.3 Å². The molecule has 0 atom stereocenters. The van der Waals surface area contributed by atoms with Crippen LogP contribution in [0.2, 0.25) is 0 Å². The Balaban J connectivity index is 1.53. The van der Waals surface area contributed by atoms with Crippen molar-refractivity contribution in [3.8, 4) is 0 Å². The van der Waals surface area contributed by atoms with Crippen molar-refractivity contribution in [2.24, 2.45) is 5.41 Å². The molecule has 3 aromatic rings. The molecular formula is C27H36N4O2. The number of rotatable bonds is 6. The first-order valence-electron chi connectivity index (χ1n) is 12.0. The third kappa shape index (κ3) is 5.75. The number of fused-ring (bicyclic) bond motifs is 1. The highest BCUT2D eigenvalue weighted by Gasteiger charge is 2.26. The van der Waals surface area contributed by atoms with Crippen molar-refractivity contribution in [2.75, 3.05) is 36.6 Å². The molecule has 0 saturated carbocycles. The van der Waals surface area contributed by atoms with Gasteiger partial charge in [0.25, 0.3) is 0 Å². The zero-order valence-corrected chi connectivity index (χ0v) is 20.2. The van der Waals surface area contributed by atoms with Crippen LogP contribution in [0.5, 0.6) is 0 Å². The van der Waals surface area contributed by atoms with Crippen molar-refractivity contribution < 1.29 is 9.63 Å². The summed E-state index contributed by atoms with van der Waals surface area (Å²) in [6, 6.07) is 15.2. The monoisotopic (exact) mass is 448 g/mol. The highest BCUT2D eigenvalue weighted by atomic mass is 16.7. The smallest absolute Gasteiger partial charge is 0.350 e. The summed E-state index contributed by atoms with van der Waals surface area (Å²) < 4.78 is 0. The van der Waals surface area contributed by atoms with Crippen LogP contribution < -0.4 is 10.4 Å². The lowest BCUT2D eigenvalue weighted by Crippen LogP contribution is -2.38. The fourth-order valence-electron chi connectivity index (χ4n) is 4.74. The molecular weight excluding hydrogens is 412 g/mol. The molecule has 0 unspecified atom stereocenters. The van der Waals surface area contributed by atoms with E-state index in [1.54, 1.807) is 0 Å². The molecule has 0 spiro atoms. The van der Waals surface area contributed by atoms with Crippen LogP contribution in [0.4, 0.5) is 16.2 Å². The van der Waals surface area contributed by atoms with Crippen LogP contribution in [-0.4, -0.2) is 42.2 Å². The summed E-state index contributed by atoms with van der Waals surface area (Å²) in [4.78, 5) is 24.7. The first kappa shape index (κ1) is 23.3. The molecule has 2 N–H and O–H groups in total. The number of urea groups is 1. The van der Waals surface area contributed by atoms with Crippen LogP contribution in [0.3, 0.4) is 0 Å². The number of hydroxylamine groups is 1. The lowest BCUT2D eigenvalue weighted by molar-refractivity contribution is 0.133. The Kier molecular flexibility index (Phi) is 7.05. The number of nitrogens with zero attached hydrogens (tertiary/aromatic N) is 2. The Morgan fingerprint density at radius 3 is 2.55 bits per heavy atom. The van der Waals surface area contributed by atoms with E-state index in [1.165, 1.54) is 16.0 Å². The first-order valence-corrected chi connectivity index (χ1v) is 12.0. The van der Waals surface area contributed by atoms with Crippen LogP contribution in [0.1, 0.15) is 52.0 Å². The van der Waals surface area contributed by atoms with E-state index >= 15 is 0 Å². The van der Waals surface area contributed by atoms with Gasteiger partial charge in [-0.15, -0.1) is 0 Å². The average molecular weight is 449 g/mol. The third-order valence-corrected chi connectivity index (χ3v) is 6.12. The minimum absolute atomic E-state index is 0.310. The Morgan fingerprint density at radius 1 is 1.15 bits per heavy atom. The van der Waals surface area contributed by atoms with Crippen molar-refractivity contribution in [3.05, 3.63) is 60.3 Å². The van der Waals surface area contributed by atoms with Gasteiger partial charge < -0.3 is 15.2 Å². The Hall–Kier alpha value is -2.83. The minimum atomic E-state index is -0.310. The van der Waals surface area contributed by atoms with Gasteiger partial charge in [0.2, 0.25) is 0 Å². The van der Waals surface area contributed by atoms with E-state index in [0.29, 0.717) is 17.9 Å². The molecule has 6 nitrogen and oxygen atoms in total. The summed E-state index contributed by atoms with van der Waals surface area (Å²) in [5, 5.41) is 5.44. The highest BCUT2D eigenvalue weighted by molar-refractivity contribution is 6.01. The maximum absolute atomic E-state index is 13.0. The van der Waals surface area contributed by atoms with E-state index in [0.717, 1.165) is 49.4 Å². The molecule has 6 heteroatoms. The molecule has 2 aromatic carbocycles. The Bertz CT molecular complexity index is 1060. The zero-order valence-electron chi connectivity index (χ0n) is 20.2. The van der Waals surface area contributed by atoms with Crippen LogP contribution in [0, 0.1) is 5.41 Å². The van der Waals surface area contributed by atoms with Gasteiger partial charge in [0.15, 0.2) is 0 Å². The normalized spacial score (nSPS) is 15.6. The largest absolute Gasteiger partial charge is 0.361 e. The van der Waals surface area contributed by atoms with Crippen LogP contribution in [0.25, 0.3) is 10.9 Å². The van der Waals surface area contributed by atoms with Crippen LogP contribution >= 0.6 is 0 Å². The predicted octanol–water partition coefficient (Wildman–Crippen LogP) is 6.38. The molecule has 176 valence electrons. The Labute approximate surface area is 196 Å². The molecule has 33 heavy (non-hydrogen) atoms. The molecule has 1 aliphatic heterocycles. The molecule has 0 bridgehead atoms. The topological polar surface area (TPSA) is 60.6 Å². The summed E-state index contributed by atoms with van der Waals surface area (Å²) in [6.45, 7) is 12.6. The van der Waals surface area contributed by atoms with Crippen molar-refractivity contribution in [1.82, 2.24) is 9.88 Å². The van der Waals surface area contributed by atoms with Gasteiger partial charge in [-0.25, -0.2) is 4.79 Å². The second-order valence-corrected chi connectivity index (χ2v) is 10.1. The molecule has 1 fully saturated rings. The lowest BCUT2D eigenvalue weighted by atomic mass is 9.87. The van der Waals surface area contributed by atoms with Crippen molar-refractivity contribution >= 4 is 28.3 Å². The van der Waals surface area contributed by atoms with Gasteiger partial charge >= 0.3 is 6.03 Å². The number of nitrogens with one attached hydrogen (secondary N) is 2. The standard InChI is InChI=1S/C27H36N4O2/c1-5-33-31(26(32)29-21-9-7-6-8-10-21)22-11-12-25-23(17-22)24(18-28-25)20-13-15-30(16-14-20)19-27(2,3)4/h6-12,17-18,20,28H,5,13-16,19H2,1-4H3,(H,29,32). The van der Waals surface area contributed by atoms with Gasteiger partial charge in [-0.1, -0.05) is 39.0 Å². The van der Waals surface area contributed by atoms with Crippen LogP contribution in [0.15, 0.2) is 54.7 Å². The average Bonchev–Trinajstić information content (AvgIpc) is 3.21. The number of benzene rings is 2. The number of hydrogen-bond donors (Lipinski definition) is 2. The molecule has 1 aromatic heterocycles. The van der Waals surface area contributed by atoms with Gasteiger partial charge in [0.05, 0.1) is 12.3 Å². The molecule has 2 heterocycles. The Morgan fingerprint density at radius 2 is 1.88 bits per heavy atom. The third-order valence-electron chi connectivity index (χ3n) is 6.12. The van der Waals surface area contributed by atoms with E-state index in [1.807, 2.05) is 49.4 Å². The zero-order chi connectivity index (χ0) is 23.4. The van der Waals surface area contributed by atoms with Crippen molar-refractivity contribution in [2.45, 2.75) is 46.5 Å². The SMILES string of the molecule is CCON(C(=O)Nc1ccccc1)c1ccc2[nH]cc(C3CCN(CC(C)(C)C)CC3)c2c1. The minimum Gasteiger partial charge on any atom is -0.361 e. The second kappa shape index (κ2) is 9.98. The number of piperidine rings is 1. The lowest BCUT2D eigenvalue weighted by Gasteiger charge is -2.36. The fourth-order valence-corrected chi connectivity index (χ4v) is 4.74. The number of aromatic nitrogens is 1. The first-order chi connectivity index (χ1) is 15.8. The van der Waals surface area contributed by atoms with Crippen LogP contribution in [-0.2, 0) is 4.84 Å². The second-order valence-electron chi connectivity index (χ2n) is 10.1. The summed E-state index contributed by atoms with van der Waals surface area (Å²) in [6.07, 6.45) is 4.45. The molecule has 0 radical (unpaired) electrons. The van der Waals surface area contributed by atoms with E-state index in [9.17, 15) is 4.79 Å². The number of H-pyrrole nitrogens is 1. The number of para-hydroxylation sites is 1. The summed E-state index contributed by atoms with van der Waals surface area (Å²) in [5.74, 6) is 0.518. The predicted molar refractivity (Wildman–Crippen MR) is 136 cm³/mol. The van der Waals surface area contributed by atoms with Gasteiger partial charge in [-0.2, -0.15) is 5.06 Å². The highest BCUT2D eigenvalue weighted by Crippen LogP contribution is 2.35. The van der Waals surface area contributed by atoms with Gasteiger partial charge in [-0.05, 0) is 80.1 Å². The molecule has 1 aliphatic rings. The number of hydrogen-bond acceptors (Lipinski definition) is 3. The molecule has 0 aliphatic carbocycles. The maximum Gasteiger partial charge on any atom is 0.350 e. The number of aromatic amines is 1. The van der Waals surface area contributed by atoms with E-state index < -0.39 is 0 Å². The number of carbonyl (C=O) groups excluding carboxylic acids is 1. The fraction of sp³-hybridized carbons (Fsp3) is 0.444. The number of amides is 2. The van der Waals surface area contributed by atoms with Crippen molar-refractivity contribution in [1.29, 1.82) is 0 Å². The molecule has 4 rings (SSSR count). The van der Waals surface area contributed by atoms with Gasteiger partial charge in [0.1, 0.15) is 0 Å². The quantitative estimate of drug-likeness (QED) is 0.430. The van der Waals surface area contributed by atoms with E-state index in [2.05, 4.69) is 48.2 Å². The number of carbonyl (C=O) groups is 1. The van der Waals surface area contributed by atoms with Gasteiger partial charge in [-0.3, -0.25) is 4.84 Å². The van der Waals surface area contributed by atoms with E-state index in [-0.39, 0.29) is 6.03 Å². The summed E-state index contributed by atoms with van der Waals surface area (Å²) in [7, 11) is 0.